The van der Waals surface area contributed by atoms with Gasteiger partial charge in [0.2, 0.25) is 5.91 Å². The molecule has 1 amide bonds. The van der Waals surface area contributed by atoms with Gasteiger partial charge in [-0.1, -0.05) is 6.92 Å². The highest BCUT2D eigenvalue weighted by Crippen LogP contribution is 1.93. The molecule has 0 aromatic carbocycles. The van der Waals surface area contributed by atoms with Gasteiger partial charge in [0.05, 0.1) is 6.54 Å². The topological polar surface area (TPSA) is 59.0 Å². The molecule has 96 valence electrons. The van der Waals surface area contributed by atoms with E-state index in [1.807, 2.05) is 24.7 Å². The Morgan fingerprint density at radius 1 is 1.59 bits per heavy atom. The molecule has 0 aliphatic heterocycles. The van der Waals surface area contributed by atoms with Crippen LogP contribution in [0.4, 0.5) is 0 Å². The first kappa shape index (κ1) is 13.7. The number of amides is 1. The van der Waals surface area contributed by atoms with Gasteiger partial charge in [0.15, 0.2) is 0 Å². The zero-order chi connectivity index (χ0) is 12.7. The minimum atomic E-state index is 0.0548. The molecular weight excluding hydrogens is 216 g/mol. The average Bonchev–Trinajstić information content (AvgIpc) is 2.70. The summed E-state index contributed by atoms with van der Waals surface area (Å²) in [6, 6.07) is 0.249. The minimum Gasteiger partial charge on any atom is -0.353 e. The highest BCUT2D eigenvalue weighted by molar-refractivity contribution is 5.78. The molecule has 1 aromatic rings. The van der Waals surface area contributed by atoms with Crippen LogP contribution in [0.25, 0.3) is 0 Å². The smallest absolute Gasteiger partial charge is 0.234 e. The second-order valence-electron chi connectivity index (χ2n) is 4.26. The van der Waals surface area contributed by atoms with Crippen LogP contribution in [0.5, 0.6) is 0 Å². The molecule has 0 bridgehead atoms. The van der Waals surface area contributed by atoms with Crippen LogP contribution in [0.15, 0.2) is 12.4 Å². The van der Waals surface area contributed by atoms with E-state index in [0.29, 0.717) is 6.54 Å². The Balaban J connectivity index is 2.12. The number of nitrogens with one attached hydrogen (secondary N) is 2. The monoisotopic (exact) mass is 238 g/mol. The lowest BCUT2D eigenvalue weighted by Gasteiger charge is -2.11. The van der Waals surface area contributed by atoms with E-state index >= 15 is 0 Å². The quantitative estimate of drug-likeness (QED) is 0.679. The zero-order valence-corrected chi connectivity index (χ0v) is 10.9. The lowest BCUT2D eigenvalue weighted by molar-refractivity contribution is -0.120. The Bertz CT molecular complexity index is 348. The number of nitrogens with zero attached hydrogens (tertiary/aromatic N) is 2. The molecule has 0 aliphatic rings. The van der Waals surface area contributed by atoms with Crippen LogP contribution in [0.1, 0.15) is 26.1 Å². The molecule has 1 unspecified atom stereocenters. The fraction of sp³-hybridized carbons (Fsp3) is 0.667. The number of hydrogen-bond donors (Lipinski definition) is 2. The molecule has 1 aromatic heterocycles. The number of aryl methyl sites for hydroxylation is 1. The highest BCUT2D eigenvalue weighted by Gasteiger charge is 2.04. The average molecular weight is 238 g/mol. The molecular formula is C12H22N4O. The highest BCUT2D eigenvalue weighted by atomic mass is 16.1. The number of carbonyl (C=O) groups is 1. The van der Waals surface area contributed by atoms with Crippen molar-refractivity contribution < 1.29 is 4.79 Å². The maximum Gasteiger partial charge on any atom is 0.234 e. The lowest BCUT2D eigenvalue weighted by atomic mass is 10.2. The summed E-state index contributed by atoms with van der Waals surface area (Å²) in [5.41, 5.74) is 0. The summed E-state index contributed by atoms with van der Waals surface area (Å²) in [6.45, 7) is 5.19. The van der Waals surface area contributed by atoms with Gasteiger partial charge in [-0.2, -0.15) is 0 Å². The second-order valence-corrected chi connectivity index (χ2v) is 4.26. The van der Waals surface area contributed by atoms with Gasteiger partial charge in [0.25, 0.3) is 0 Å². The van der Waals surface area contributed by atoms with Crippen molar-refractivity contribution in [2.75, 3.05) is 13.1 Å². The van der Waals surface area contributed by atoms with Crippen LogP contribution in [0.3, 0.4) is 0 Å². The number of rotatable bonds is 7. The van der Waals surface area contributed by atoms with Gasteiger partial charge in [0.1, 0.15) is 5.82 Å². The third kappa shape index (κ3) is 4.99. The largest absolute Gasteiger partial charge is 0.353 e. The van der Waals surface area contributed by atoms with Gasteiger partial charge in [-0.05, 0) is 13.3 Å². The van der Waals surface area contributed by atoms with E-state index in [4.69, 9.17) is 0 Å². The maximum absolute atomic E-state index is 11.4. The molecule has 5 heteroatoms. The molecule has 0 spiro atoms. The van der Waals surface area contributed by atoms with Crippen molar-refractivity contribution in [2.45, 2.75) is 32.7 Å². The summed E-state index contributed by atoms with van der Waals surface area (Å²) in [7, 11) is 1.97. The van der Waals surface area contributed by atoms with Gasteiger partial charge in [-0.25, -0.2) is 4.98 Å². The van der Waals surface area contributed by atoms with Gasteiger partial charge in [-0.3, -0.25) is 4.79 Å². The summed E-state index contributed by atoms with van der Waals surface area (Å²) < 4.78 is 1.99. The normalized spacial score (nSPS) is 12.4. The fourth-order valence-corrected chi connectivity index (χ4v) is 1.47. The van der Waals surface area contributed by atoms with Crippen LogP contribution in [0.2, 0.25) is 0 Å². The van der Waals surface area contributed by atoms with E-state index in [9.17, 15) is 4.79 Å². The predicted octanol–water partition coefficient (Wildman–Crippen LogP) is 0.467. The first-order valence-electron chi connectivity index (χ1n) is 6.09. The summed E-state index contributed by atoms with van der Waals surface area (Å²) >= 11 is 0. The van der Waals surface area contributed by atoms with Crippen molar-refractivity contribution in [1.82, 2.24) is 20.2 Å². The van der Waals surface area contributed by atoms with Crippen molar-refractivity contribution in [3.05, 3.63) is 18.2 Å². The van der Waals surface area contributed by atoms with Crippen molar-refractivity contribution >= 4 is 5.91 Å². The first-order chi connectivity index (χ1) is 8.13. The van der Waals surface area contributed by atoms with E-state index in [1.54, 1.807) is 6.20 Å². The standard InChI is InChI=1S/C12H22N4O/c1-4-10(2)15-12(17)9-13-6-5-11-14-7-8-16(11)3/h7-8,10,13H,4-6,9H2,1-3H3,(H,15,17). The summed E-state index contributed by atoms with van der Waals surface area (Å²) in [5, 5.41) is 6.03. The lowest BCUT2D eigenvalue weighted by Crippen LogP contribution is -2.39. The molecule has 0 fully saturated rings. The summed E-state index contributed by atoms with van der Waals surface area (Å²) in [5.74, 6) is 1.08. The van der Waals surface area contributed by atoms with Crippen molar-refractivity contribution in [3.8, 4) is 0 Å². The Morgan fingerprint density at radius 2 is 2.35 bits per heavy atom. The molecule has 0 saturated heterocycles. The third-order valence-electron chi connectivity index (χ3n) is 2.75. The van der Waals surface area contributed by atoms with Crippen LogP contribution in [-0.2, 0) is 18.3 Å². The maximum atomic E-state index is 11.4. The Morgan fingerprint density at radius 3 is 2.94 bits per heavy atom. The Hall–Kier alpha value is -1.36. The third-order valence-corrected chi connectivity index (χ3v) is 2.75. The first-order valence-corrected chi connectivity index (χ1v) is 6.09. The minimum absolute atomic E-state index is 0.0548. The Labute approximate surface area is 103 Å². The van der Waals surface area contributed by atoms with Gasteiger partial charge >= 0.3 is 0 Å². The molecule has 0 radical (unpaired) electrons. The summed E-state index contributed by atoms with van der Waals surface area (Å²) in [6.07, 6.45) is 5.50. The number of imidazole rings is 1. The fourth-order valence-electron chi connectivity index (χ4n) is 1.47. The predicted molar refractivity (Wildman–Crippen MR) is 67.7 cm³/mol. The molecule has 1 heterocycles. The summed E-state index contributed by atoms with van der Waals surface area (Å²) in [4.78, 5) is 15.7. The van der Waals surface area contributed by atoms with Crippen molar-refractivity contribution in [3.63, 3.8) is 0 Å². The number of aromatic nitrogens is 2. The SMILES string of the molecule is CCC(C)NC(=O)CNCCc1nccn1C. The van der Waals surface area contributed by atoms with E-state index in [2.05, 4.69) is 22.5 Å². The molecule has 17 heavy (non-hydrogen) atoms. The van der Waals surface area contributed by atoms with Crippen molar-refractivity contribution in [1.29, 1.82) is 0 Å². The second kappa shape index (κ2) is 7.06. The van der Waals surface area contributed by atoms with E-state index < -0.39 is 0 Å². The van der Waals surface area contributed by atoms with E-state index in [0.717, 1.165) is 25.2 Å². The van der Waals surface area contributed by atoms with Crippen LogP contribution < -0.4 is 10.6 Å². The number of carbonyl (C=O) groups excluding carboxylic acids is 1. The zero-order valence-electron chi connectivity index (χ0n) is 10.9. The molecule has 0 aliphatic carbocycles. The van der Waals surface area contributed by atoms with Gasteiger partial charge < -0.3 is 15.2 Å². The molecule has 1 atom stereocenters. The molecule has 5 nitrogen and oxygen atoms in total. The van der Waals surface area contributed by atoms with Gasteiger partial charge in [-0.15, -0.1) is 0 Å². The van der Waals surface area contributed by atoms with E-state index in [1.165, 1.54) is 0 Å². The van der Waals surface area contributed by atoms with Crippen LogP contribution in [0, 0.1) is 0 Å². The van der Waals surface area contributed by atoms with Crippen LogP contribution in [-0.4, -0.2) is 34.6 Å². The van der Waals surface area contributed by atoms with Crippen molar-refractivity contribution in [2.24, 2.45) is 7.05 Å². The molecule has 2 N–H and O–H groups in total. The van der Waals surface area contributed by atoms with Crippen LogP contribution >= 0.6 is 0 Å². The van der Waals surface area contributed by atoms with Gasteiger partial charge in [0, 0.05) is 38.4 Å². The number of hydrogen-bond acceptors (Lipinski definition) is 3. The molecule has 1 rings (SSSR count). The molecule has 0 saturated carbocycles. The Kier molecular flexibility index (Phi) is 5.69. The van der Waals surface area contributed by atoms with E-state index in [-0.39, 0.29) is 11.9 Å².